The zero-order valence-corrected chi connectivity index (χ0v) is 34.2. The molecular formula is C40H48N2O18S. The molecule has 6 heterocycles. The number of benzene rings is 4. The van der Waals surface area contributed by atoms with Crippen LogP contribution in [0.5, 0.6) is 46.0 Å². The van der Waals surface area contributed by atoms with E-state index in [-0.39, 0.29) is 32.9 Å². The third-order valence-corrected chi connectivity index (χ3v) is 10.0. The highest BCUT2D eigenvalue weighted by molar-refractivity contribution is 7.79. The van der Waals surface area contributed by atoms with Gasteiger partial charge >= 0.3 is 0 Å². The molecule has 0 spiro atoms. The van der Waals surface area contributed by atoms with Gasteiger partial charge in [-0.05, 0) is 70.4 Å². The SMILES string of the molecule is COc1ccc2cc3[n+](cc2c1OC)CCc1cc2c(cc1-3)OCO2.COc1ccc2cc3[n+](cc2c1OC)CCc1cc2c(cc1-3)OCO2.O.O.O.O.O.O.O=S(=O)([O-])[O-]. The molecule has 0 bridgehead atoms. The van der Waals surface area contributed by atoms with Gasteiger partial charge in [0.1, 0.15) is 0 Å². The van der Waals surface area contributed by atoms with Crippen LogP contribution in [0.1, 0.15) is 11.1 Å². The maximum absolute atomic E-state index is 8.52. The molecule has 4 aliphatic rings. The first-order valence-corrected chi connectivity index (χ1v) is 18.6. The lowest BCUT2D eigenvalue weighted by atomic mass is 9.95. The summed E-state index contributed by atoms with van der Waals surface area (Å²) in [6, 6.07) is 20.8. The Morgan fingerprint density at radius 3 is 1.20 bits per heavy atom. The summed E-state index contributed by atoms with van der Waals surface area (Å²) in [7, 11) is 1.51. The van der Waals surface area contributed by atoms with Gasteiger partial charge in [0.15, 0.2) is 71.5 Å². The molecule has 10 rings (SSSR count). The molecular weight excluding hydrogens is 829 g/mol. The summed E-state index contributed by atoms with van der Waals surface area (Å²) in [6.07, 6.45) is 6.22. The van der Waals surface area contributed by atoms with Crippen molar-refractivity contribution < 1.29 is 97.4 Å². The predicted molar refractivity (Wildman–Crippen MR) is 217 cm³/mol. The molecule has 0 saturated heterocycles. The highest BCUT2D eigenvalue weighted by Crippen LogP contribution is 2.43. The number of methoxy groups -OCH3 is 4. The molecule has 332 valence electrons. The van der Waals surface area contributed by atoms with Crippen molar-refractivity contribution in [2.24, 2.45) is 0 Å². The number of pyridine rings is 2. The highest BCUT2D eigenvalue weighted by Gasteiger charge is 2.30. The smallest absolute Gasteiger partial charge is 0.231 e. The molecule has 21 heteroatoms. The van der Waals surface area contributed by atoms with Crippen molar-refractivity contribution in [3.8, 4) is 68.5 Å². The topological polar surface area (TPSA) is 351 Å². The molecule has 0 aliphatic carbocycles. The number of hydrogen-bond donors (Lipinski definition) is 0. The second-order valence-corrected chi connectivity index (χ2v) is 13.8. The Kier molecular flexibility index (Phi) is 17.0. The predicted octanol–water partition coefficient (Wildman–Crippen LogP) is -0.0936. The van der Waals surface area contributed by atoms with Crippen LogP contribution < -0.4 is 47.0 Å². The first-order valence-electron chi connectivity index (χ1n) is 17.3. The maximum atomic E-state index is 8.52. The van der Waals surface area contributed by atoms with Crippen molar-refractivity contribution in [3.63, 3.8) is 0 Å². The minimum Gasteiger partial charge on any atom is -0.759 e. The normalized spacial score (nSPS) is 12.6. The van der Waals surface area contributed by atoms with Gasteiger partial charge in [0.05, 0.1) is 50.3 Å². The van der Waals surface area contributed by atoms with Crippen LogP contribution in [-0.2, 0) is 36.3 Å². The lowest BCUT2D eigenvalue weighted by Crippen LogP contribution is -2.40. The standard InChI is InChI=1S/2C20H18NO4.H2O4S.6H2O/c2*1-22-17-4-3-12-7-16-14-9-19-18(24-11-25-19)8-13(14)5-6-21(16)10-15(12)20(17)23-2;1-5(2,3)4;;;;;;/h2*3-4,7-10H,5-6,11H2,1-2H3;(H2,1,2,3,4);6*1H2/q2*+1;;;;;;;/p-2. The van der Waals surface area contributed by atoms with E-state index >= 15 is 0 Å². The summed E-state index contributed by atoms with van der Waals surface area (Å²) in [4.78, 5) is 0. The van der Waals surface area contributed by atoms with Gasteiger partial charge < -0.3 is 79.9 Å². The quantitative estimate of drug-likeness (QED) is 0.127. The molecule has 0 radical (unpaired) electrons. The molecule has 0 fully saturated rings. The molecule has 6 aromatic rings. The fourth-order valence-electron chi connectivity index (χ4n) is 7.54. The van der Waals surface area contributed by atoms with Crippen molar-refractivity contribution in [2.45, 2.75) is 25.9 Å². The van der Waals surface area contributed by atoms with E-state index in [0.29, 0.717) is 13.6 Å². The largest absolute Gasteiger partial charge is 0.759 e. The Morgan fingerprint density at radius 2 is 0.869 bits per heavy atom. The van der Waals surface area contributed by atoms with Gasteiger partial charge in [-0.2, -0.15) is 9.13 Å². The summed E-state index contributed by atoms with van der Waals surface area (Å²) in [6.45, 7) is 2.43. The van der Waals surface area contributed by atoms with Crippen molar-refractivity contribution in [2.75, 3.05) is 42.0 Å². The Labute approximate surface area is 349 Å². The van der Waals surface area contributed by atoms with Gasteiger partial charge in [-0.25, -0.2) is 0 Å². The van der Waals surface area contributed by atoms with Gasteiger partial charge in [0.25, 0.3) is 0 Å². The highest BCUT2D eigenvalue weighted by atomic mass is 32.3. The van der Waals surface area contributed by atoms with E-state index < -0.39 is 10.4 Å². The number of hydrogen-bond acceptors (Lipinski definition) is 12. The second-order valence-electron chi connectivity index (χ2n) is 12.9. The van der Waals surface area contributed by atoms with E-state index in [0.717, 1.165) is 93.5 Å². The van der Waals surface area contributed by atoms with E-state index in [1.54, 1.807) is 28.4 Å². The molecule has 0 unspecified atom stereocenters. The number of aryl methyl sites for hydroxylation is 4. The molecule has 4 aromatic carbocycles. The monoisotopic (exact) mass is 876 g/mol. The van der Waals surface area contributed by atoms with E-state index in [1.165, 1.54) is 33.6 Å². The van der Waals surface area contributed by atoms with Crippen molar-refractivity contribution in [1.82, 2.24) is 0 Å². The fraction of sp³-hybridized carbons (Fsp3) is 0.250. The molecule has 12 N–H and O–H groups in total. The second kappa shape index (κ2) is 20.3. The third kappa shape index (κ3) is 9.70. The van der Waals surface area contributed by atoms with Crippen LogP contribution in [0.2, 0.25) is 0 Å². The Hall–Kier alpha value is -6.27. The number of ether oxygens (including phenoxy) is 8. The average molecular weight is 877 g/mol. The van der Waals surface area contributed by atoms with E-state index in [4.69, 9.17) is 55.4 Å². The van der Waals surface area contributed by atoms with Crippen LogP contribution in [0.3, 0.4) is 0 Å². The lowest BCUT2D eigenvalue weighted by Gasteiger charge is -2.17. The third-order valence-electron chi connectivity index (χ3n) is 10.0. The summed E-state index contributed by atoms with van der Waals surface area (Å²) < 4.78 is 82.9. The zero-order valence-electron chi connectivity index (χ0n) is 33.4. The van der Waals surface area contributed by atoms with Gasteiger partial charge in [0.2, 0.25) is 25.0 Å². The molecule has 0 saturated carbocycles. The van der Waals surface area contributed by atoms with Crippen LogP contribution in [0.15, 0.2) is 73.1 Å². The van der Waals surface area contributed by atoms with Crippen LogP contribution in [0.25, 0.3) is 44.1 Å². The first-order chi connectivity index (χ1) is 26.6. The number of fused-ring (bicyclic) bond motifs is 10. The average Bonchev–Trinajstić information content (AvgIpc) is 3.85. The van der Waals surface area contributed by atoms with Crippen LogP contribution in [-0.4, -0.2) is 92.4 Å². The summed E-state index contributed by atoms with van der Waals surface area (Å²) in [5, 5.41) is 4.34. The number of nitrogens with zero attached hydrogens (tertiary/aromatic N) is 2. The lowest BCUT2D eigenvalue weighted by molar-refractivity contribution is -0.686. The van der Waals surface area contributed by atoms with E-state index in [9.17, 15) is 0 Å². The van der Waals surface area contributed by atoms with Gasteiger partial charge in [0, 0.05) is 35.4 Å². The van der Waals surface area contributed by atoms with Crippen molar-refractivity contribution in [3.05, 3.63) is 84.2 Å². The number of aromatic nitrogens is 2. The van der Waals surface area contributed by atoms with E-state index in [1.807, 2.05) is 12.1 Å². The van der Waals surface area contributed by atoms with Crippen molar-refractivity contribution >= 4 is 31.9 Å². The summed E-state index contributed by atoms with van der Waals surface area (Å²) >= 11 is 0. The van der Waals surface area contributed by atoms with Crippen LogP contribution in [0, 0.1) is 0 Å². The first kappa shape index (κ1) is 50.9. The van der Waals surface area contributed by atoms with Gasteiger partial charge in [-0.15, -0.1) is 0 Å². The summed E-state index contributed by atoms with van der Waals surface area (Å²) in [5.41, 5.74) is 7.35. The molecule has 4 aliphatic heterocycles. The molecule has 0 atom stereocenters. The maximum Gasteiger partial charge on any atom is 0.231 e. The van der Waals surface area contributed by atoms with Crippen LogP contribution >= 0.6 is 0 Å². The van der Waals surface area contributed by atoms with Gasteiger partial charge in [-0.3, -0.25) is 8.42 Å². The number of rotatable bonds is 4. The molecule has 0 amide bonds. The zero-order chi connectivity index (χ0) is 38.4. The Bertz CT molecular complexity index is 2450. The summed E-state index contributed by atoms with van der Waals surface area (Å²) in [5.74, 6) is 6.36. The molecule has 2 aromatic heterocycles. The van der Waals surface area contributed by atoms with Gasteiger partial charge in [-0.1, -0.05) is 0 Å². The van der Waals surface area contributed by atoms with Crippen molar-refractivity contribution in [1.29, 1.82) is 0 Å². The van der Waals surface area contributed by atoms with Crippen LogP contribution in [0.4, 0.5) is 0 Å². The fourth-order valence-corrected chi connectivity index (χ4v) is 7.54. The minimum atomic E-state index is -5.17. The molecule has 20 nitrogen and oxygen atoms in total. The Morgan fingerprint density at radius 1 is 0.525 bits per heavy atom. The Balaban J connectivity index is 0.000000348. The van der Waals surface area contributed by atoms with E-state index in [2.05, 4.69) is 70.1 Å². The minimum absolute atomic E-state index is 0. The molecule has 61 heavy (non-hydrogen) atoms.